The van der Waals surface area contributed by atoms with Gasteiger partial charge in [0, 0.05) is 12.6 Å². The molecule has 31 heavy (non-hydrogen) atoms. The third-order valence-electron chi connectivity index (χ3n) is 5.33. The van der Waals surface area contributed by atoms with Crippen LogP contribution in [0.1, 0.15) is 48.0 Å². The minimum absolute atomic E-state index is 0.0850. The number of alkyl halides is 3. The molecule has 2 aromatic heterocycles. The summed E-state index contributed by atoms with van der Waals surface area (Å²) in [6.45, 7) is 2.13. The van der Waals surface area contributed by atoms with E-state index in [2.05, 4.69) is 20.4 Å². The van der Waals surface area contributed by atoms with E-state index >= 15 is 0 Å². The average Bonchev–Trinajstić information content (AvgIpc) is 3.45. The van der Waals surface area contributed by atoms with Crippen LogP contribution in [0.3, 0.4) is 0 Å². The largest absolute Gasteiger partial charge is 0.420 e. The van der Waals surface area contributed by atoms with Crippen molar-refractivity contribution in [2.45, 2.75) is 44.1 Å². The SMILES string of the molecule is C[C@@H]1CC[C@@H](n2ncc([C@H](O)C(F)(F)F)n2)CN1C(=O)c1ccccc1-n1nccn1. The molecule has 3 heterocycles. The molecule has 0 aliphatic carbocycles. The Morgan fingerprint density at radius 3 is 2.58 bits per heavy atom. The zero-order chi connectivity index (χ0) is 22.2. The average molecular weight is 435 g/mol. The van der Waals surface area contributed by atoms with Gasteiger partial charge in [-0.2, -0.15) is 43.2 Å². The van der Waals surface area contributed by atoms with Crippen molar-refractivity contribution < 1.29 is 23.1 Å². The first-order valence-corrected chi connectivity index (χ1v) is 9.69. The van der Waals surface area contributed by atoms with Gasteiger partial charge in [0.05, 0.1) is 35.9 Å². The Labute approximate surface area is 175 Å². The van der Waals surface area contributed by atoms with Crippen LogP contribution < -0.4 is 0 Å². The summed E-state index contributed by atoms with van der Waals surface area (Å²) in [5.74, 6) is -0.243. The van der Waals surface area contributed by atoms with Crippen molar-refractivity contribution in [1.82, 2.24) is 34.9 Å². The van der Waals surface area contributed by atoms with Gasteiger partial charge in [0.15, 0.2) is 6.10 Å². The van der Waals surface area contributed by atoms with E-state index in [0.717, 1.165) is 11.0 Å². The van der Waals surface area contributed by atoms with Crippen molar-refractivity contribution in [3.05, 3.63) is 54.1 Å². The summed E-state index contributed by atoms with van der Waals surface area (Å²) >= 11 is 0. The van der Waals surface area contributed by atoms with Crippen molar-refractivity contribution in [1.29, 1.82) is 0 Å². The van der Waals surface area contributed by atoms with Crippen LogP contribution in [0.4, 0.5) is 13.2 Å². The Morgan fingerprint density at radius 2 is 1.87 bits per heavy atom. The van der Waals surface area contributed by atoms with Crippen molar-refractivity contribution in [2.24, 2.45) is 0 Å². The maximum atomic E-state index is 13.4. The number of benzene rings is 1. The fourth-order valence-electron chi connectivity index (χ4n) is 3.64. The predicted octanol–water partition coefficient (Wildman–Crippen LogP) is 2.32. The van der Waals surface area contributed by atoms with Crippen LogP contribution in [0.2, 0.25) is 0 Å². The minimum Gasteiger partial charge on any atom is -0.378 e. The fraction of sp³-hybridized carbons (Fsp3) is 0.421. The van der Waals surface area contributed by atoms with E-state index in [4.69, 9.17) is 0 Å². The molecule has 9 nitrogen and oxygen atoms in total. The number of hydrogen-bond donors (Lipinski definition) is 1. The molecule has 0 bridgehead atoms. The monoisotopic (exact) mass is 435 g/mol. The van der Waals surface area contributed by atoms with Crippen LogP contribution >= 0.6 is 0 Å². The molecular weight excluding hydrogens is 415 g/mol. The lowest BCUT2D eigenvalue weighted by molar-refractivity contribution is -0.208. The third-order valence-corrected chi connectivity index (χ3v) is 5.33. The van der Waals surface area contributed by atoms with Crippen LogP contribution in [0.5, 0.6) is 0 Å². The maximum absolute atomic E-state index is 13.4. The van der Waals surface area contributed by atoms with E-state index in [-0.39, 0.29) is 18.5 Å². The van der Waals surface area contributed by atoms with Crippen LogP contribution in [-0.4, -0.2) is 64.7 Å². The highest BCUT2D eigenvalue weighted by molar-refractivity contribution is 5.98. The molecule has 3 aromatic rings. The number of aliphatic hydroxyl groups excluding tert-OH is 1. The number of amides is 1. The van der Waals surface area contributed by atoms with Crippen molar-refractivity contribution >= 4 is 5.91 Å². The van der Waals surface area contributed by atoms with Gasteiger partial charge >= 0.3 is 6.18 Å². The van der Waals surface area contributed by atoms with Crippen molar-refractivity contribution in [2.75, 3.05) is 6.54 Å². The molecule has 1 aliphatic rings. The van der Waals surface area contributed by atoms with Gasteiger partial charge < -0.3 is 10.0 Å². The zero-order valence-corrected chi connectivity index (χ0v) is 16.5. The van der Waals surface area contributed by atoms with E-state index in [1.165, 1.54) is 17.2 Å². The molecule has 1 fully saturated rings. The molecule has 1 saturated heterocycles. The van der Waals surface area contributed by atoms with Gasteiger partial charge in [0.1, 0.15) is 5.69 Å². The summed E-state index contributed by atoms with van der Waals surface area (Å²) in [5, 5.41) is 25.3. The second-order valence-electron chi connectivity index (χ2n) is 7.41. The van der Waals surface area contributed by atoms with E-state index in [9.17, 15) is 23.1 Å². The minimum atomic E-state index is -4.83. The molecule has 0 unspecified atom stereocenters. The molecule has 1 N–H and O–H groups in total. The zero-order valence-electron chi connectivity index (χ0n) is 16.5. The molecule has 0 saturated carbocycles. The summed E-state index contributed by atoms with van der Waals surface area (Å²) in [7, 11) is 0. The second kappa shape index (κ2) is 8.10. The Morgan fingerprint density at radius 1 is 1.16 bits per heavy atom. The number of aromatic nitrogens is 6. The van der Waals surface area contributed by atoms with Gasteiger partial charge in [-0.05, 0) is 31.9 Å². The first-order valence-electron chi connectivity index (χ1n) is 9.69. The maximum Gasteiger partial charge on any atom is 0.420 e. The highest BCUT2D eigenvalue weighted by Gasteiger charge is 2.42. The topological polar surface area (TPSA) is 102 Å². The van der Waals surface area contributed by atoms with Crippen LogP contribution in [-0.2, 0) is 0 Å². The summed E-state index contributed by atoms with van der Waals surface area (Å²) < 4.78 is 38.3. The van der Waals surface area contributed by atoms with E-state index in [1.807, 2.05) is 6.92 Å². The fourth-order valence-corrected chi connectivity index (χ4v) is 3.64. The summed E-state index contributed by atoms with van der Waals surface area (Å²) in [6, 6.07) is 6.44. The number of halogens is 3. The van der Waals surface area contributed by atoms with Crippen LogP contribution in [0.25, 0.3) is 5.69 Å². The van der Waals surface area contributed by atoms with Gasteiger partial charge in [-0.25, -0.2) is 0 Å². The van der Waals surface area contributed by atoms with E-state index in [0.29, 0.717) is 24.1 Å². The molecule has 1 aliphatic heterocycles. The third kappa shape index (κ3) is 4.15. The van der Waals surface area contributed by atoms with E-state index < -0.39 is 24.0 Å². The molecule has 0 radical (unpaired) electrons. The quantitative estimate of drug-likeness (QED) is 0.675. The predicted molar refractivity (Wildman–Crippen MR) is 101 cm³/mol. The number of rotatable bonds is 4. The van der Waals surface area contributed by atoms with Gasteiger partial charge in [-0.3, -0.25) is 4.79 Å². The molecule has 1 amide bonds. The summed E-state index contributed by atoms with van der Waals surface area (Å²) in [5.41, 5.74) is 0.367. The number of hydrogen-bond acceptors (Lipinski definition) is 6. The lowest BCUT2D eigenvalue weighted by Gasteiger charge is -2.37. The van der Waals surface area contributed by atoms with Crippen molar-refractivity contribution in [3.63, 3.8) is 0 Å². The Balaban J connectivity index is 1.57. The van der Waals surface area contributed by atoms with Gasteiger partial charge in [-0.1, -0.05) is 12.1 Å². The van der Waals surface area contributed by atoms with Gasteiger partial charge in [-0.15, -0.1) is 0 Å². The molecule has 4 rings (SSSR count). The number of likely N-dealkylation sites (tertiary alicyclic amines) is 1. The van der Waals surface area contributed by atoms with Crippen molar-refractivity contribution in [3.8, 4) is 5.69 Å². The van der Waals surface area contributed by atoms with E-state index in [1.54, 1.807) is 29.2 Å². The number of carbonyl (C=O) groups excluding carboxylic acids is 1. The molecule has 164 valence electrons. The van der Waals surface area contributed by atoms with Crippen LogP contribution in [0.15, 0.2) is 42.9 Å². The number of piperidine rings is 1. The Hall–Kier alpha value is -3.28. The van der Waals surface area contributed by atoms with Gasteiger partial charge in [0.2, 0.25) is 0 Å². The highest BCUT2D eigenvalue weighted by atomic mass is 19.4. The summed E-state index contributed by atoms with van der Waals surface area (Å²) in [6.07, 6.45) is -2.39. The molecular formula is C19H20F3N7O2. The number of nitrogens with zero attached hydrogens (tertiary/aromatic N) is 7. The first kappa shape index (κ1) is 21.0. The Bertz CT molecular complexity index is 1050. The number of para-hydroxylation sites is 1. The molecule has 12 heteroatoms. The summed E-state index contributed by atoms with van der Waals surface area (Å²) in [4.78, 5) is 17.5. The lowest BCUT2D eigenvalue weighted by atomic mass is 9.98. The lowest BCUT2D eigenvalue weighted by Crippen LogP contribution is -2.46. The Kier molecular flexibility index (Phi) is 5.48. The number of carbonyl (C=O) groups is 1. The highest BCUT2D eigenvalue weighted by Crippen LogP contribution is 2.32. The molecule has 3 atom stereocenters. The van der Waals surface area contributed by atoms with Gasteiger partial charge in [0.25, 0.3) is 5.91 Å². The second-order valence-corrected chi connectivity index (χ2v) is 7.41. The molecule has 1 aromatic carbocycles. The molecule has 0 spiro atoms. The van der Waals surface area contributed by atoms with Crippen LogP contribution in [0, 0.1) is 0 Å². The smallest absolute Gasteiger partial charge is 0.378 e. The normalized spacial score (nSPS) is 20.6. The first-order chi connectivity index (χ1) is 14.8. The standard InChI is InChI=1S/C19H20F3N7O2/c1-12-6-7-13(28-25-10-15(26-28)17(30)19(20,21)22)11-27(12)18(31)14-4-2-3-5-16(14)29-23-8-9-24-29/h2-5,8-10,12-13,17,30H,6-7,11H2,1H3/t12-,13-,17+/m1/s1. The number of aliphatic hydroxyl groups is 1.